The second-order valence-corrected chi connectivity index (χ2v) is 4.57. The third kappa shape index (κ3) is 3.60. The number of hydrogen-bond acceptors (Lipinski definition) is 2. The highest BCUT2D eigenvalue weighted by Gasteiger charge is 2.02. The van der Waals surface area contributed by atoms with E-state index in [0.717, 1.165) is 17.7 Å². The van der Waals surface area contributed by atoms with E-state index in [2.05, 4.69) is 40.0 Å². The molecular formula is C15H20N4O. The second-order valence-electron chi connectivity index (χ2n) is 4.57. The lowest BCUT2D eigenvalue weighted by atomic mass is 10.1. The van der Waals surface area contributed by atoms with Gasteiger partial charge in [-0.05, 0) is 30.5 Å². The molecule has 1 heterocycles. The molecule has 1 aromatic heterocycles. The van der Waals surface area contributed by atoms with E-state index >= 15 is 0 Å². The van der Waals surface area contributed by atoms with Gasteiger partial charge in [-0.2, -0.15) is 5.10 Å². The van der Waals surface area contributed by atoms with Gasteiger partial charge in [0.15, 0.2) is 0 Å². The largest absolute Gasteiger partial charge is 0.338 e. The van der Waals surface area contributed by atoms with Crippen molar-refractivity contribution in [3.8, 4) is 11.3 Å². The number of hydrogen-bond donors (Lipinski definition) is 2. The molecule has 0 spiro atoms. The molecule has 0 fully saturated rings. The van der Waals surface area contributed by atoms with E-state index in [1.807, 2.05) is 24.7 Å². The van der Waals surface area contributed by atoms with Gasteiger partial charge in [-0.1, -0.05) is 24.3 Å². The molecule has 2 aromatic rings. The molecule has 0 unspecified atom stereocenters. The Kier molecular flexibility index (Phi) is 4.76. The molecule has 1 aromatic carbocycles. The number of carbonyl (C=O) groups excluding carboxylic acids is 1. The van der Waals surface area contributed by atoms with Gasteiger partial charge in [-0.3, -0.25) is 4.68 Å². The van der Waals surface area contributed by atoms with Gasteiger partial charge < -0.3 is 10.6 Å². The molecule has 5 nitrogen and oxygen atoms in total. The Hall–Kier alpha value is -2.30. The number of rotatable bonds is 5. The zero-order chi connectivity index (χ0) is 14.4. The molecule has 0 aliphatic carbocycles. The van der Waals surface area contributed by atoms with Crippen LogP contribution in [-0.4, -0.2) is 28.9 Å². The fourth-order valence-electron chi connectivity index (χ4n) is 2.04. The summed E-state index contributed by atoms with van der Waals surface area (Å²) in [6.45, 7) is 3.18. The third-order valence-corrected chi connectivity index (χ3v) is 3.11. The Balaban J connectivity index is 1.89. The van der Waals surface area contributed by atoms with Gasteiger partial charge in [-0.25, -0.2) is 4.79 Å². The van der Waals surface area contributed by atoms with Crippen molar-refractivity contribution in [1.82, 2.24) is 20.4 Å². The Bertz CT molecular complexity index is 560. The maximum absolute atomic E-state index is 11.2. The number of carbonyl (C=O) groups is 1. The number of nitrogens with one attached hydrogen (secondary N) is 2. The summed E-state index contributed by atoms with van der Waals surface area (Å²) in [5.41, 5.74) is 3.44. The fourth-order valence-corrected chi connectivity index (χ4v) is 2.04. The van der Waals surface area contributed by atoms with Crippen LogP contribution in [0.2, 0.25) is 0 Å². The highest BCUT2D eigenvalue weighted by molar-refractivity contribution is 5.73. The molecule has 5 heteroatoms. The summed E-state index contributed by atoms with van der Waals surface area (Å²) in [6.07, 6.45) is 2.61. The standard InChI is InChI=1S/C15H20N4O/c1-3-16-15(20)17-10-8-12-4-6-13(7-5-12)14-9-11-18-19(14)2/h4-7,9,11H,3,8,10H2,1-2H3,(H2,16,17,20). The summed E-state index contributed by atoms with van der Waals surface area (Å²) in [4.78, 5) is 11.2. The predicted molar refractivity (Wildman–Crippen MR) is 79.4 cm³/mol. The number of urea groups is 1. The molecule has 0 aliphatic rings. The molecule has 2 amide bonds. The number of amides is 2. The Labute approximate surface area is 119 Å². The van der Waals surface area contributed by atoms with Crippen LogP contribution in [0, 0.1) is 0 Å². The summed E-state index contributed by atoms with van der Waals surface area (Å²) in [6, 6.07) is 10.2. The van der Waals surface area contributed by atoms with Crippen LogP contribution in [0.5, 0.6) is 0 Å². The molecule has 0 radical (unpaired) electrons. The first-order chi connectivity index (χ1) is 9.70. The Morgan fingerprint density at radius 3 is 2.55 bits per heavy atom. The average molecular weight is 272 g/mol. The van der Waals surface area contributed by atoms with E-state index in [4.69, 9.17) is 0 Å². The molecule has 2 N–H and O–H groups in total. The highest BCUT2D eigenvalue weighted by Crippen LogP contribution is 2.18. The van der Waals surface area contributed by atoms with Crippen LogP contribution in [0.3, 0.4) is 0 Å². The van der Waals surface area contributed by atoms with Crippen molar-refractivity contribution >= 4 is 6.03 Å². The summed E-state index contributed by atoms with van der Waals surface area (Å²) in [7, 11) is 1.93. The van der Waals surface area contributed by atoms with Gasteiger partial charge >= 0.3 is 6.03 Å². The summed E-state index contributed by atoms with van der Waals surface area (Å²) in [5.74, 6) is 0. The normalized spacial score (nSPS) is 10.3. The molecule has 20 heavy (non-hydrogen) atoms. The minimum Gasteiger partial charge on any atom is -0.338 e. The van der Waals surface area contributed by atoms with E-state index in [1.165, 1.54) is 5.56 Å². The SMILES string of the molecule is CCNC(=O)NCCc1ccc(-c2ccnn2C)cc1. The molecule has 0 aliphatic heterocycles. The monoisotopic (exact) mass is 272 g/mol. The van der Waals surface area contributed by atoms with Crippen LogP contribution < -0.4 is 10.6 Å². The van der Waals surface area contributed by atoms with Crippen LogP contribution in [0.15, 0.2) is 36.5 Å². The lowest BCUT2D eigenvalue weighted by Gasteiger charge is -2.07. The van der Waals surface area contributed by atoms with E-state index in [9.17, 15) is 4.79 Å². The number of nitrogens with zero attached hydrogens (tertiary/aromatic N) is 2. The van der Waals surface area contributed by atoms with Gasteiger partial charge in [0.2, 0.25) is 0 Å². The van der Waals surface area contributed by atoms with E-state index in [-0.39, 0.29) is 6.03 Å². The maximum Gasteiger partial charge on any atom is 0.314 e. The zero-order valence-electron chi connectivity index (χ0n) is 11.9. The topological polar surface area (TPSA) is 59.0 Å². The van der Waals surface area contributed by atoms with Crippen molar-refractivity contribution in [1.29, 1.82) is 0 Å². The second kappa shape index (κ2) is 6.75. The van der Waals surface area contributed by atoms with Crippen molar-refractivity contribution in [3.05, 3.63) is 42.1 Å². The van der Waals surface area contributed by atoms with Crippen molar-refractivity contribution in [2.45, 2.75) is 13.3 Å². The molecule has 106 valence electrons. The molecule has 2 rings (SSSR count). The van der Waals surface area contributed by atoms with Gasteiger partial charge in [0.25, 0.3) is 0 Å². The highest BCUT2D eigenvalue weighted by atomic mass is 16.2. The molecule has 0 saturated heterocycles. The first-order valence-corrected chi connectivity index (χ1v) is 6.79. The molecule has 0 atom stereocenters. The number of benzene rings is 1. The summed E-state index contributed by atoms with van der Waals surface area (Å²) < 4.78 is 1.85. The van der Waals surface area contributed by atoms with Gasteiger partial charge in [0.05, 0.1) is 5.69 Å². The van der Waals surface area contributed by atoms with Gasteiger partial charge in [0, 0.05) is 26.3 Å². The van der Waals surface area contributed by atoms with Crippen LogP contribution in [-0.2, 0) is 13.5 Å². The van der Waals surface area contributed by atoms with Crippen molar-refractivity contribution in [2.24, 2.45) is 7.05 Å². The maximum atomic E-state index is 11.2. The molecular weight excluding hydrogens is 252 g/mol. The summed E-state index contributed by atoms with van der Waals surface area (Å²) in [5, 5.41) is 9.69. The van der Waals surface area contributed by atoms with Crippen LogP contribution in [0.4, 0.5) is 4.79 Å². The van der Waals surface area contributed by atoms with Crippen molar-refractivity contribution < 1.29 is 4.79 Å². The minimum atomic E-state index is -0.112. The molecule has 0 saturated carbocycles. The Morgan fingerprint density at radius 1 is 1.20 bits per heavy atom. The third-order valence-electron chi connectivity index (χ3n) is 3.11. The summed E-state index contributed by atoms with van der Waals surface area (Å²) >= 11 is 0. The van der Waals surface area contributed by atoms with Crippen LogP contribution >= 0.6 is 0 Å². The number of aryl methyl sites for hydroxylation is 1. The first kappa shape index (κ1) is 14.1. The van der Waals surface area contributed by atoms with Crippen LogP contribution in [0.1, 0.15) is 12.5 Å². The van der Waals surface area contributed by atoms with Gasteiger partial charge in [-0.15, -0.1) is 0 Å². The first-order valence-electron chi connectivity index (χ1n) is 6.79. The lowest BCUT2D eigenvalue weighted by molar-refractivity contribution is 0.241. The lowest BCUT2D eigenvalue weighted by Crippen LogP contribution is -2.36. The number of aromatic nitrogens is 2. The quantitative estimate of drug-likeness (QED) is 0.874. The van der Waals surface area contributed by atoms with Gasteiger partial charge in [0.1, 0.15) is 0 Å². The fraction of sp³-hybridized carbons (Fsp3) is 0.333. The van der Waals surface area contributed by atoms with E-state index < -0.39 is 0 Å². The minimum absolute atomic E-state index is 0.112. The smallest absolute Gasteiger partial charge is 0.314 e. The molecule has 0 bridgehead atoms. The van der Waals surface area contributed by atoms with Crippen molar-refractivity contribution in [2.75, 3.05) is 13.1 Å². The zero-order valence-corrected chi connectivity index (χ0v) is 11.9. The average Bonchev–Trinajstić information content (AvgIpc) is 2.86. The van der Waals surface area contributed by atoms with E-state index in [0.29, 0.717) is 13.1 Å². The Morgan fingerprint density at radius 2 is 1.95 bits per heavy atom. The van der Waals surface area contributed by atoms with Crippen LogP contribution in [0.25, 0.3) is 11.3 Å². The van der Waals surface area contributed by atoms with Crippen molar-refractivity contribution in [3.63, 3.8) is 0 Å². The van der Waals surface area contributed by atoms with E-state index in [1.54, 1.807) is 6.20 Å². The predicted octanol–water partition coefficient (Wildman–Crippen LogP) is 1.95.